The van der Waals surface area contributed by atoms with Gasteiger partial charge in [0, 0.05) is 181 Å². The summed E-state index contributed by atoms with van der Waals surface area (Å²) >= 11 is 0. The number of carbonyl (C=O) groups is 4. The van der Waals surface area contributed by atoms with Crippen molar-refractivity contribution in [3.8, 4) is 68.3 Å². The molecule has 0 spiro atoms. The third-order valence-electron chi connectivity index (χ3n) is 19.1. The molecule has 0 atom stereocenters. The van der Waals surface area contributed by atoms with E-state index in [-0.39, 0.29) is 101 Å². The first kappa shape index (κ1) is 91.8. The van der Waals surface area contributed by atoms with Crippen molar-refractivity contribution in [2.45, 2.75) is 125 Å². The Morgan fingerprint density at radius 1 is 0.289 bits per heavy atom. The zero-order valence-electron chi connectivity index (χ0n) is 68.2. The van der Waals surface area contributed by atoms with Gasteiger partial charge < -0.3 is 30.1 Å². The van der Waals surface area contributed by atoms with Gasteiger partial charge in [0.25, 0.3) is 0 Å². The largest absolute Gasteiger partial charge is 0.461 e. The summed E-state index contributed by atoms with van der Waals surface area (Å²) in [4.78, 5) is 115. The number of hydrogen-bond donors (Lipinski definition) is 4. The molecule has 0 aliphatic rings. The minimum Gasteiger partial charge on any atom is -0.461 e. The summed E-state index contributed by atoms with van der Waals surface area (Å²) in [6, 6.07) is 64.4. The Kier molecular flexibility index (Phi) is 37.4. The van der Waals surface area contributed by atoms with E-state index in [1.807, 2.05) is 229 Å². The molecule has 0 saturated carbocycles. The molecule has 15 aromatic rings. The SMILES string of the molecule is Cc1ccnc(-c2cc(CCCCNC(=O)CCCC(=O)NCc3c(C)c4cc5c(CNC(=O)CCCC(=O)NCCCCc6ccnc(-c7cc(C)ccn7)c6)c(C)oc5c(C)c4oc3=O)ccn2)c1.[Ru].[Ru].c1ccc(-c2ccccn2)nc1.c1ccc(-c2ccccn2)nc1.c1ccc(-c2ccccn2)nc1.c1ccc(-c2ccccn2)nc1. The first-order chi connectivity index (χ1) is 58.2. The monoisotopic (exact) mass is 1790 g/mol. The maximum absolute atomic E-state index is 13.2. The van der Waals surface area contributed by atoms with Crippen LogP contribution in [0.25, 0.3) is 90.3 Å². The Bertz CT molecular complexity index is 5330. The smallest absolute Gasteiger partial charge is 0.341 e. The molecule has 4 N–H and O–H groups in total. The molecule has 15 rings (SSSR count). The van der Waals surface area contributed by atoms with E-state index in [1.54, 1.807) is 68.2 Å². The van der Waals surface area contributed by atoms with Gasteiger partial charge in [0.05, 0.1) is 80.4 Å². The summed E-state index contributed by atoms with van der Waals surface area (Å²) in [5.74, 6) is -0.0195. The molecular weight excluding hydrogens is 1690 g/mol. The predicted octanol–water partition coefficient (Wildman–Crippen LogP) is 17.4. The first-order valence-electron chi connectivity index (χ1n) is 39.8. The normalized spacial score (nSPS) is 10.4. The summed E-state index contributed by atoms with van der Waals surface area (Å²) < 4.78 is 12.0. The Hall–Kier alpha value is -13.1. The zero-order valence-corrected chi connectivity index (χ0v) is 71.7. The van der Waals surface area contributed by atoms with Gasteiger partial charge in [-0.2, -0.15) is 0 Å². The Morgan fingerprint density at radius 3 is 0.909 bits per heavy atom. The number of nitrogens with one attached hydrogen (secondary N) is 4. The van der Waals surface area contributed by atoms with Gasteiger partial charge in [0.15, 0.2) is 0 Å². The van der Waals surface area contributed by atoms with E-state index < -0.39 is 5.63 Å². The number of aromatic nitrogens is 12. The number of pyridine rings is 12. The van der Waals surface area contributed by atoms with Crippen molar-refractivity contribution in [1.82, 2.24) is 81.1 Å². The number of fused-ring (bicyclic) bond motifs is 2. The van der Waals surface area contributed by atoms with Crippen LogP contribution in [0.1, 0.15) is 114 Å². The van der Waals surface area contributed by atoms with E-state index in [0.717, 1.165) is 129 Å². The number of rotatable bonds is 28. The molecule has 0 unspecified atom stereocenters. The number of aryl methyl sites for hydroxylation is 7. The van der Waals surface area contributed by atoms with Gasteiger partial charge in [0.2, 0.25) is 23.6 Å². The number of hydrogen-bond acceptors (Lipinski definition) is 19. The molecule has 618 valence electrons. The number of unbranched alkanes of at least 4 members (excludes halogenated alkanes) is 2. The molecule has 23 nitrogen and oxygen atoms in total. The predicted molar refractivity (Wildman–Crippen MR) is 464 cm³/mol. The molecular formula is C96H96N16O7Ru2. The molecule has 14 aromatic heterocycles. The van der Waals surface area contributed by atoms with Crippen molar-refractivity contribution in [2.75, 3.05) is 13.1 Å². The quantitative estimate of drug-likeness (QED) is 0.0201. The van der Waals surface area contributed by atoms with Crippen LogP contribution in [-0.2, 0) is 84.1 Å². The van der Waals surface area contributed by atoms with Crippen molar-refractivity contribution in [3.63, 3.8) is 0 Å². The van der Waals surface area contributed by atoms with Crippen molar-refractivity contribution in [1.29, 1.82) is 0 Å². The second-order valence-electron chi connectivity index (χ2n) is 28.0. The van der Waals surface area contributed by atoms with E-state index >= 15 is 0 Å². The van der Waals surface area contributed by atoms with E-state index in [9.17, 15) is 24.0 Å². The summed E-state index contributed by atoms with van der Waals surface area (Å²) in [6.45, 7) is 10.8. The van der Waals surface area contributed by atoms with Crippen LogP contribution in [0.5, 0.6) is 0 Å². The Morgan fingerprint density at radius 2 is 0.587 bits per heavy atom. The van der Waals surface area contributed by atoms with Gasteiger partial charge in [-0.3, -0.25) is 79.0 Å². The van der Waals surface area contributed by atoms with Crippen LogP contribution in [0.3, 0.4) is 0 Å². The van der Waals surface area contributed by atoms with Crippen LogP contribution < -0.4 is 26.9 Å². The number of carbonyl (C=O) groups excluding carboxylic acids is 4. The van der Waals surface area contributed by atoms with E-state index in [2.05, 4.69) is 93.2 Å². The maximum atomic E-state index is 13.2. The van der Waals surface area contributed by atoms with Crippen molar-refractivity contribution < 1.29 is 67.0 Å². The molecule has 0 radical (unpaired) electrons. The fraction of sp³-hybridized carbons (Fsp3) is 0.219. The van der Waals surface area contributed by atoms with E-state index in [1.165, 1.54) is 11.1 Å². The van der Waals surface area contributed by atoms with Crippen molar-refractivity contribution in [3.05, 3.63) is 335 Å². The second-order valence-corrected chi connectivity index (χ2v) is 28.0. The average molecular weight is 1790 g/mol. The van der Waals surface area contributed by atoms with Crippen LogP contribution in [-0.4, -0.2) is 96.5 Å². The van der Waals surface area contributed by atoms with Gasteiger partial charge >= 0.3 is 5.63 Å². The first-order valence-corrected chi connectivity index (χ1v) is 39.8. The van der Waals surface area contributed by atoms with E-state index in [0.29, 0.717) is 64.9 Å². The second kappa shape index (κ2) is 49.3. The zero-order chi connectivity index (χ0) is 83.2. The third kappa shape index (κ3) is 29.1. The molecule has 25 heteroatoms. The fourth-order valence-corrected chi connectivity index (χ4v) is 12.8. The van der Waals surface area contributed by atoms with Gasteiger partial charge in [-0.25, -0.2) is 4.79 Å². The maximum Gasteiger partial charge on any atom is 0.341 e. The Balaban J connectivity index is 0.000000260. The molecule has 14 heterocycles. The minimum atomic E-state index is -0.554. The number of furan rings is 1. The molecule has 4 amide bonds. The summed E-state index contributed by atoms with van der Waals surface area (Å²) in [7, 11) is 0. The third-order valence-corrected chi connectivity index (χ3v) is 19.1. The van der Waals surface area contributed by atoms with Crippen LogP contribution in [0, 0.1) is 34.6 Å². The molecule has 0 aliphatic carbocycles. The molecule has 0 saturated heterocycles. The molecule has 0 aliphatic heterocycles. The van der Waals surface area contributed by atoms with Gasteiger partial charge in [0.1, 0.15) is 16.9 Å². The van der Waals surface area contributed by atoms with E-state index in [4.69, 9.17) is 8.83 Å². The van der Waals surface area contributed by atoms with Crippen LogP contribution in [0.2, 0.25) is 0 Å². The Labute approximate surface area is 730 Å². The fourth-order valence-electron chi connectivity index (χ4n) is 12.8. The number of amides is 4. The molecule has 0 fully saturated rings. The summed E-state index contributed by atoms with van der Waals surface area (Å²) in [6.07, 6.45) is 28.1. The van der Waals surface area contributed by atoms with Crippen LogP contribution in [0.15, 0.2) is 288 Å². The van der Waals surface area contributed by atoms with Crippen molar-refractivity contribution in [2.24, 2.45) is 0 Å². The summed E-state index contributed by atoms with van der Waals surface area (Å²) in [5.41, 5.74) is 18.2. The molecule has 1 aromatic carbocycles. The number of benzene rings is 1. The topological polar surface area (TPSA) is 314 Å². The van der Waals surface area contributed by atoms with Crippen LogP contribution in [0.4, 0.5) is 0 Å². The molecule has 0 bridgehead atoms. The number of nitrogens with zero attached hydrogens (tertiary/aromatic N) is 12. The standard InChI is InChI=1S/C56H64N8O7.4C10H8N2.2Ru/c1-35-18-24-57-46(28-35)48-30-40(20-26-59-48)12-6-8-22-61-50(65)14-10-16-52(67)63-33-44-37(3)42-32-43-45(39(5)70-55(43)38(4)54(42)71-56(44)69)34-64-53(68)17-11-15-51(66)62-23-9-7-13-41-21-27-60-49(31-41)47-29-36(2)19-25-58-47;4*1-3-7-11-9(5-1)10-6-2-4-8-12-10;;/h18-21,24-32H,6-17,22-23,33-34H2,1-5H3,(H,61,65)(H,62,66)(H,63,67)(H,64,68);4*1-8H;;. The summed E-state index contributed by atoms with van der Waals surface area (Å²) in [5, 5.41) is 13.2. The van der Waals surface area contributed by atoms with Gasteiger partial charge in [-0.05, 0) is 265 Å². The van der Waals surface area contributed by atoms with Gasteiger partial charge in [-0.15, -0.1) is 0 Å². The van der Waals surface area contributed by atoms with Crippen LogP contribution >= 0.6 is 0 Å². The van der Waals surface area contributed by atoms with Gasteiger partial charge in [-0.1, -0.05) is 48.5 Å². The minimum absolute atomic E-state index is 0. The van der Waals surface area contributed by atoms with Crippen molar-refractivity contribution >= 4 is 45.6 Å². The molecule has 121 heavy (non-hydrogen) atoms. The average Bonchev–Trinajstić information content (AvgIpc) is 1.66.